The molecule has 4 rings (SSSR count). The fourth-order valence-corrected chi connectivity index (χ4v) is 6.78. The van der Waals surface area contributed by atoms with Crippen molar-refractivity contribution in [1.29, 1.82) is 0 Å². The standard InChI is InChI=1S/C29H39N5O6S/c1-2-19-33-27(35)26(10-6-7-18-30-41(39,40)25-13-11-24(12-14-25)34(37)38)31-28(36)29(33)16-21-32(22-17-29)20-15-23-8-4-3-5-9-23/h3-5,8-9,11-14,26,30H,2,6-7,10,15-22H2,1H3,(H,31,36)/t26-/m0/s1. The summed E-state index contributed by atoms with van der Waals surface area (Å²) in [6.45, 7) is 5.12. The lowest BCUT2D eigenvalue weighted by Gasteiger charge is -2.51. The molecule has 1 spiro atoms. The molecule has 2 saturated heterocycles. The van der Waals surface area contributed by atoms with Gasteiger partial charge in [-0.3, -0.25) is 19.7 Å². The third kappa shape index (κ3) is 7.30. The highest BCUT2D eigenvalue weighted by Gasteiger charge is 2.53. The first-order chi connectivity index (χ1) is 19.7. The largest absolute Gasteiger partial charge is 0.342 e. The van der Waals surface area contributed by atoms with Crippen LogP contribution in [0.1, 0.15) is 51.0 Å². The van der Waals surface area contributed by atoms with Gasteiger partial charge in [-0.1, -0.05) is 37.3 Å². The van der Waals surface area contributed by atoms with Crippen LogP contribution in [0.5, 0.6) is 0 Å². The Hall–Kier alpha value is -3.35. The minimum absolute atomic E-state index is 0.0514. The van der Waals surface area contributed by atoms with Crippen LogP contribution in [0.25, 0.3) is 0 Å². The molecule has 2 heterocycles. The maximum Gasteiger partial charge on any atom is 0.269 e. The van der Waals surface area contributed by atoms with Gasteiger partial charge in [0.2, 0.25) is 21.8 Å². The lowest BCUT2D eigenvalue weighted by atomic mass is 9.81. The number of nitro groups is 1. The van der Waals surface area contributed by atoms with E-state index in [1.165, 1.54) is 17.7 Å². The van der Waals surface area contributed by atoms with E-state index in [9.17, 15) is 28.1 Å². The van der Waals surface area contributed by atoms with Gasteiger partial charge in [-0.2, -0.15) is 0 Å². The molecule has 0 saturated carbocycles. The Morgan fingerprint density at radius 2 is 1.71 bits per heavy atom. The van der Waals surface area contributed by atoms with Crippen molar-refractivity contribution in [3.05, 3.63) is 70.3 Å². The maximum absolute atomic E-state index is 13.5. The van der Waals surface area contributed by atoms with E-state index in [0.29, 0.717) is 38.6 Å². The predicted molar refractivity (Wildman–Crippen MR) is 155 cm³/mol. The monoisotopic (exact) mass is 585 g/mol. The van der Waals surface area contributed by atoms with Gasteiger partial charge in [-0.15, -0.1) is 0 Å². The number of benzene rings is 2. The number of nitro benzene ring substituents is 1. The van der Waals surface area contributed by atoms with Crippen LogP contribution in [0.2, 0.25) is 0 Å². The van der Waals surface area contributed by atoms with E-state index < -0.39 is 26.5 Å². The van der Waals surface area contributed by atoms with Crippen LogP contribution in [0, 0.1) is 10.1 Å². The number of hydrogen-bond acceptors (Lipinski definition) is 7. The minimum Gasteiger partial charge on any atom is -0.342 e. The first-order valence-corrected chi connectivity index (χ1v) is 15.8. The molecule has 0 bridgehead atoms. The van der Waals surface area contributed by atoms with Gasteiger partial charge in [0.1, 0.15) is 11.6 Å². The van der Waals surface area contributed by atoms with E-state index in [1.807, 2.05) is 30.0 Å². The molecule has 2 N–H and O–H groups in total. The van der Waals surface area contributed by atoms with Gasteiger partial charge in [-0.05, 0) is 62.6 Å². The number of carbonyl (C=O) groups is 2. The van der Waals surface area contributed by atoms with Crippen molar-refractivity contribution in [2.45, 2.75) is 68.3 Å². The molecule has 2 aliphatic heterocycles. The topological polar surface area (TPSA) is 142 Å². The fourth-order valence-electron chi connectivity index (χ4n) is 5.71. The number of non-ortho nitro benzene ring substituents is 1. The number of nitrogens with zero attached hydrogens (tertiary/aromatic N) is 3. The van der Waals surface area contributed by atoms with Crippen molar-refractivity contribution in [2.24, 2.45) is 0 Å². The van der Waals surface area contributed by atoms with Crippen LogP contribution in [0.3, 0.4) is 0 Å². The van der Waals surface area contributed by atoms with Crippen LogP contribution in [0.15, 0.2) is 59.5 Å². The van der Waals surface area contributed by atoms with Gasteiger partial charge in [0.05, 0.1) is 9.82 Å². The van der Waals surface area contributed by atoms with Gasteiger partial charge in [0.25, 0.3) is 5.69 Å². The summed E-state index contributed by atoms with van der Waals surface area (Å²) < 4.78 is 27.5. The lowest BCUT2D eigenvalue weighted by molar-refractivity contribution is -0.384. The van der Waals surface area contributed by atoms with Crippen LogP contribution in [0.4, 0.5) is 5.69 Å². The molecule has 2 fully saturated rings. The molecule has 2 amide bonds. The van der Waals surface area contributed by atoms with Crippen LogP contribution in [-0.2, 0) is 26.0 Å². The first-order valence-electron chi connectivity index (χ1n) is 14.3. The maximum atomic E-state index is 13.5. The Morgan fingerprint density at radius 1 is 1.02 bits per heavy atom. The highest BCUT2D eigenvalue weighted by atomic mass is 32.2. The van der Waals surface area contributed by atoms with Gasteiger partial charge in [0, 0.05) is 44.9 Å². The Labute approximate surface area is 241 Å². The van der Waals surface area contributed by atoms with Crippen molar-refractivity contribution in [3.63, 3.8) is 0 Å². The molecule has 0 aliphatic carbocycles. The number of sulfonamides is 1. The quantitative estimate of drug-likeness (QED) is 0.209. The Kier molecular flexibility index (Phi) is 10.1. The average molecular weight is 586 g/mol. The van der Waals surface area contributed by atoms with Crippen molar-refractivity contribution in [2.75, 3.05) is 32.7 Å². The van der Waals surface area contributed by atoms with Gasteiger partial charge < -0.3 is 15.1 Å². The summed E-state index contributed by atoms with van der Waals surface area (Å²) in [6, 6.07) is 14.4. The molecule has 0 unspecified atom stereocenters. The van der Waals surface area contributed by atoms with Gasteiger partial charge in [0.15, 0.2) is 0 Å². The summed E-state index contributed by atoms with van der Waals surface area (Å²) in [5, 5.41) is 13.8. The highest BCUT2D eigenvalue weighted by molar-refractivity contribution is 7.89. The second-order valence-electron chi connectivity index (χ2n) is 10.8. The Bertz CT molecular complexity index is 1310. The average Bonchev–Trinajstić information content (AvgIpc) is 2.98. The number of nitrogens with one attached hydrogen (secondary N) is 2. The van der Waals surface area contributed by atoms with Crippen LogP contribution in [-0.4, -0.2) is 79.3 Å². The van der Waals surface area contributed by atoms with E-state index in [-0.39, 0.29) is 28.9 Å². The second kappa shape index (κ2) is 13.5. The molecular weight excluding hydrogens is 546 g/mol. The third-order valence-corrected chi connectivity index (χ3v) is 9.55. The van der Waals surface area contributed by atoms with Crippen molar-refractivity contribution in [1.82, 2.24) is 19.8 Å². The summed E-state index contributed by atoms with van der Waals surface area (Å²) >= 11 is 0. The molecule has 2 aliphatic rings. The number of amides is 2. The van der Waals surface area contributed by atoms with E-state index >= 15 is 0 Å². The summed E-state index contributed by atoms with van der Waals surface area (Å²) in [7, 11) is -3.81. The Morgan fingerprint density at radius 3 is 2.34 bits per heavy atom. The van der Waals surface area contributed by atoms with E-state index in [1.54, 1.807) is 0 Å². The predicted octanol–water partition coefficient (Wildman–Crippen LogP) is 2.86. The summed E-state index contributed by atoms with van der Waals surface area (Å²) in [6.07, 6.45) is 4.36. The number of piperazine rings is 1. The minimum atomic E-state index is -3.81. The molecule has 41 heavy (non-hydrogen) atoms. The smallest absolute Gasteiger partial charge is 0.269 e. The van der Waals surface area contributed by atoms with Gasteiger partial charge in [-0.25, -0.2) is 13.1 Å². The summed E-state index contributed by atoms with van der Waals surface area (Å²) in [5.74, 6) is -0.146. The number of likely N-dealkylation sites (tertiary alicyclic amines) is 1. The molecule has 222 valence electrons. The number of rotatable bonds is 13. The van der Waals surface area contributed by atoms with Crippen LogP contribution >= 0.6 is 0 Å². The van der Waals surface area contributed by atoms with Gasteiger partial charge >= 0.3 is 0 Å². The van der Waals surface area contributed by atoms with Crippen molar-refractivity contribution in [3.8, 4) is 0 Å². The summed E-state index contributed by atoms with van der Waals surface area (Å²) in [4.78, 5) is 41.4. The molecule has 2 aromatic rings. The number of carbonyl (C=O) groups excluding carboxylic acids is 2. The zero-order valence-corrected chi connectivity index (χ0v) is 24.3. The molecular formula is C29H39N5O6S. The second-order valence-corrected chi connectivity index (χ2v) is 12.5. The number of piperidine rings is 1. The molecule has 2 aromatic carbocycles. The normalized spacial score (nSPS) is 19.3. The van der Waals surface area contributed by atoms with Crippen LogP contribution < -0.4 is 10.0 Å². The molecule has 0 aromatic heterocycles. The van der Waals surface area contributed by atoms with Crippen molar-refractivity contribution >= 4 is 27.5 Å². The third-order valence-electron chi connectivity index (χ3n) is 8.07. The number of unbranched alkanes of at least 4 members (excludes halogenated alkanes) is 1. The molecule has 0 radical (unpaired) electrons. The van der Waals surface area contributed by atoms with Crippen molar-refractivity contribution < 1.29 is 22.9 Å². The Balaban J connectivity index is 1.26. The molecule has 12 heteroatoms. The number of hydrogen-bond donors (Lipinski definition) is 2. The zero-order chi connectivity index (χ0) is 29.5. The van der Waals surface area contributed by atoms with E-state index in [4.69, 9.17) is 0 Å². The SMILES string of the molecule is CCCN1C(=O)[C@H](CCCCNS(=O)(=O)c2ccc([N+](=O)[O-])cc2)NC(=O)C12CCN(CCc1ccccc1)CC2. The highest BCUT2D eigenvalue weighted by Crippen LogP contribution is 2.34. The van der Waals surface area contributed by atoms with E-state index in [0.717, 1.165) is 44.6 Å². The van der Waals surface area contributed by atoms with E-state index in [2.05, 4.69) is 27.1 Å². The summed E-state index contributed by atoms with van der Waals surface area (Å²) in [5.41, 5.74) is 0.288. The molecule has 11 nitrogen and oxygen atoms in total. The zero-order valence-electron chi connectivity index (χ0n) is 23.5. The lowest BCUT2D eigenvalue weighted by Crippen LogP contribution is -2.72. The fraction of sp³-hybridized carbons (Fsp3) is 0.517. The molecule has 1 atom stereocenters. The first kappa shape index (κ1) is 30.6.